The number of nitrogens with zero attached hydrogens (tertiary/aromatic N) is 3. The van der Waals surface area contributed by atoms with Crippen molar-refractivity contribution < 1.29 is 14.3 Å². The number of hydrogen-bond acceptors (Lipinski definition) is 7. The zero-order chi connectivity index (χ0) is 19.2. The quantitative estimate of drug-likeness (QED) is 0.475. The molecule has 0 radical (unpaired) electrons. The van der Waals surface area contributed by atoms with Crippen molar-refractivity contribution in [2.24, 2.45) is 0 Å². The highest BCUT2D eigenvalue weighted by Crippen LogP contribution is 2.26. The number of thioether (sulfide) groups is 1. The summed E-state index contributed by atoms with van der Waals surface area (Å²) in [5.74, 6) is 7.80. The predicted molar refractivity (Wildman–Crippen MR) is 105 cm³/mol. The van der Waals surface area contributed by atoms with Gasteiger partial charge in [0.25, 0.3) is 0 Å². The zero-order valence-electron chi connectivity index (χ0n) is 14.9. The van der Waals surface area contributed by atoms with Crippen molar-refractivity contribution in [1.29, 1.82) is 0 Å². The SMILES string of the molecule is COc1cccc(-c2nnc(SCC(=O)Nc3ccccc3OC)n2N)c1. The number of para-hydroxylation sites is 2. The van der Waals surface area contributed by atoms with Gasteiger partial charge in [-0.2, -0.15) is 0 Å². The van der Waals surface area contributed by atoms with Gasteiger partial charge in [0.05, 0.1) is 25.7 Å². The average molecular weight is 385 g/mol. The van der Waals surface area contributed by atoms with Crippen LogP contribution in [0, 0.1) is 0 Å². The highest BCUT2D eigenvalue weighted by molar-refractivity contribution is 7.99. The molecule has 1 amide bonds. The lowest BCUT2D eigenvalue weighted by Gasteiger charge is -2.09. The molecule has 0 aliphatic carbocycles. The summed E-state index contributed by atoms with van der Waals surface area (Å²) in [5.41, 5.74) is 1.38. The topological polar surface area (TPSA) is 104 Å². The number of ether oxygens (including phenoxy) is 2. The van der Waals surface area contributed by atoms with Gasteiger partial charge in [-0.15, -0.1) is 10.2 Å². The minimum absolute atomic E-state index is 0.130. The summed E-state index contributed by atoms with van der Waals surface area (Å²) in [4.78, 5) is 12.2. The summed E-state index contributed by atoms with van der Waals surface area (Å²) in [6, 6.07) is 14.6. The highest BCUT2D eigenvalue weighted by atomic mass is 32.2. The third-order valence-electron chi connectivity index (χ3n) is 3.71. The fourth-order valence-electron chi connectivity index (χ4n) is 2.40. The summed E-state index contributed by atoms with van der Waals surface area (Å²) in [5, 5.41) is 11.4. The second-order valence-corrected chi connectivity index (χ2v) is 6.39. The molecule has 3 N–H and O–H groups in total. The second-order valence-electron chi connectivity index (χ2n) is 5.45. The largest absolute Gasteiger partial charge is 0.497 e. The molecule has 0 saturated heterocycles. The van der Waals surface area contributed by atoms with Gasteiger partial charge in [-0.1, -0.05) is 36.0 Å². The Morgan fingerprint density at radius 2 is 1.96 bits per heavy atom. The molecule has 3 rings (SSSR count). The Hall–Kier alpha value is -3.20. The molecule has 0 bridgehead atoms. The molecule has 0 aliphatic heterocycles. The maximum absolute atomic E-state index is 12.2. The van der Waals surface area contributed by atoms with Crippen molar-refractivity contribution in [1.82, 2.24) is 14.9 Å². The van der Waals surface area contributed by atoms with E-state index in [1.54, 1.807) is 26.4 Å². The number of carbonyl (C=O) groups excluding carboxylic acids is 1. The van der Waals surface area contributed by atoms with Crippen LogP contribution in [0.15, 0.2) is 53.7 Å². The molecule has 140 valence electrons. The molecule has 0 aliphatic rings. The van der Waals surface area contributed by atoms with Gasteiger partial charge in [0.1, 0.15) is 11.5 Å². The first-order chi connectivity index (χ1) is 13.1. The summed E-state index contributed by atoms with van der Waals surface area (Å²) in [6.45, 7) is 0. The van der Waals surface area contributed by atoms with Gasteiger partial charge in [0, 0.05) is 5.56 Å². The van der Waals surface area contributed by atoms with E-state index in [1.165, 1.54) is 16.4 Å². The molecule has 3 aromatic rings. The first-order valence-corrected chi connectivity index (χ1v) is 9.01. The Bertz CT molecular complexity index is 944. The van der Waals surface area contributed by atoms with E-state index in [0.717, 1.165) is 5.56 Å². The van der Waals surface area contributed by atoms with Crippen LogP contribution in [0.3, 0.4) is 0 Å². The van der Waals surface area contributed by atoms with Crippen LogP contribution in [0.25, 0.3) is 11.4 Å². The van der Waals surface area contributed by atoms with Crippen molar-refractivity contribution in [2.75, 3.05) is 31.1 Å². The molecule has 0 unspecified atom stereocenters. The number of nitrogen functional groups attached to an aromatic ring is 1. The fourth-order valence-corrected chi connectivity index (χ4v) is 3.06. The summed E-state index contributed by atoms with van der Waals surface area (Å²) in [6.07, 6.45) is 0. The van der Waals surface area contributed by atoms with E-state index < -0.39 is 0 Å². The number of nitrogens with one attached hydrogen (secondary N) is 1. The number of rotatable bonds is 7. The van der Waals surface area contributed by atoms with Crippen LogP contribution < -0.4 is 20.6 Å². The normalized spacial score (nSPS) is 10.4. The van der Waals surface area contributed by atoms with E-state index in [0.29, 0.717) is 28.2 Å². The van der Waals surface area contributed by atoms with Crippen LogP contribution in [-0.2, 0) is 4.79 Å². The van der Waals surface area contributed by atoms with Crippen molar-refractivity contribution >= 4 is 23.4 Å². The van der Waals surface area contributed by atoms with Gasteiger partial charge >= 0.3 is 0 Å². The number of amides is 1. The molecule has 9 heteroatoms. The van der Waals surface area contributed by atoms with E-state index in [1.807, 2.05) is 36.4 Å². The van der Waals surface area contributed by atoms with E-state index >= 15 is 0 Å². The first kappa shape index (κ1) is 18.6. The Balaban J connectivity index is 1.66. The summed E-state index contributed by atoms with van der Waals surface area (Å²) >= 11 is 1.19. The van der Waals surface area contributed by atoms with Gasteiger partial charge < -0.3 is 20.6 Å². The zero-order valence-corrected chi connectivity index (χ0v) is 15.7. The van der Waals surface area contributed by atoms with E-state index in [-0.39, 0.29) is 11.7 Å². The van der Waals surface area contributed by atoms with Crippen molar-refractivity contribution in [3.05, 3.63) is 48.5 Å². The number of anilines is 1. The van der Waals surface area contributed by atoms with Crippen LogP contribution >= 0.6 is 11.8 Å². The van der Waals surface area contributed by atoms with Gasteiger partial charge in [-0.25, -0.2) is 4.68 Å². The maximum atomic E-state index is 12.2. The minimum Gasteiger partial charge on any atom is -0.497 e. The van der Waals surface area contributed by atoms with Crippen molar-refractivity contribution in [2.45, 2.75) is 5.16 Å². The van der Waals surface area contributed by atoms with E-state index in [4.69, 9.17) is 15.3 Å². The standard InChI is InChI=1S/C18H19N5O3S/c1-25-13-7-5-6-12(10-13)17-21-22-18(23(17)19)27-11-16(24)20-14-8-3-4-9-15(14)26-2/h3-10H,11,19H2,1-2H3,(H,20,24). The molecular formula is C18H19N5O3S. The molecule has 1 heterocycles. The van der Waals surface area contributed by atoms with Crippen LogP contribution in [0.1, 0.15) is 0 Å². The van der Waals surface area contributed by atoms with Gasteiger partial charge in [-0.3, -0.25) is 4.79 Å². The third-order valence-corrected chi connectivity index (χ3v) is 4.65. The Kier molecular flexibility index (Phi) is 5.82. The summed E-state index contributed by atoms with van der Waals surface area (Å²) < 4.78 is 11.8. The van der Waals surface area contributed by atoms with Crippen LogP contribution in [0.4, 0.5) is 5.69 Å². The molecule has 8 nitrogen and oxygen atoms in total. The molecule has 0 saturated carbocycles. The molecule has 0 fully saturated rings. The highest BCUT2D eigenvalue weighted by Gasteiger charge is 2.15. The number of methoxy groups -OCH3 is 2. The molecule has 27 heavy (non-hydrogen) atoms. The van der Waals surface area contributed by atoms with Gasteiger partial charge in [0.15, 0.2) is 5.82 Å². The lowest BCUT2D eigenvalue weighted by Crippen LogP contribution is -2.16. The number of aromatic nitrogens is 3. The van der Waals surface area contributed by atoms with Gasteiger partial charge in [0.2, 0.25) is 11.1 Å². The minimum atomic E-state index is -0.199. The second kappa shape index (κ2) is 8.45. The Morgan fingerprint density at radius 1 is 1.15 bits per heavy atom. The maximum Gasteiger partial charge on any atom is 0.234 e. The summed E-state index contributed by atoms with van der Waals surface area (Å²) in [7, 11) is 3.14. The Morgan fingerprint density at radius 3 is 2.74 bits per heavy atom. The lowest BCUT2D eigenvalue weighted by molar-refractivity contribution is -0.113. The molecular weight excluding hydrogens is 366 g/mol. The fraction of sp³-hybridized carbons (Fsp3) is 0.167. The average Bonchev–Trinajstić information content (AvgIpc) is 3.07. The number of carbonyl (C=O) groups is 1. The third kappa shape index (κ3) is 4.32. The van der Waals surface area contributed by atoms with Crippen LogP contribution in [-0.4, -0.2) is 40.8 Å². The smallest absolute Gasteiger partial charge is 0.234 e. The monoisotopic (exact) mass is 385 g/mol. The van der Waals surface area contributed by atoms with Crippen molar-refractivity contribution in [3.63, 3.8) is 0 Å². The molecule has 0 atom stereocenters. The van der Waals surface area contributed by atoms with E-state index in [2.05, 4.69) is 15.5 Å². The number of nitrogens with two attached hydrogens (primary N) is 1. The van der Waals surface area contributed by atoms with Crippen LogP contribution in [0.5, 0.6) is 11.5 Å². The van der Waals surface area contributed by atoms with Crippen molar-refractivity contribution in [3.8, 4) is 22.9 Å². The first-order valence-electron chi connectivity index (χ1n) is 8.03. The predicted octanol–water partition coefficient (Wildman–Crippen LogP) is 2.41. The van der Waals surface area contributed by atoms with Gasteiger partial charge in [-0.05, 0) is 24.3 Å². The number of benzene rings is 2. The number of hydrogen-bond donors (Lipinski definition) is 2. The Labute approximate surface area is 160 Å². The van der Waals surface area contributed by atoms with E-state index in [9.17, 15) is 4.79 Å². The lowest BCUT2D eigenvalue weighted by atomic mass is 10.2. The van der Waals surface area contributed by atoms with Crippen LogP contribution in [0.2, 0.25) is 0 Å². The molecule has 1 aromatic heterocycles. The molecule has 0 spiro atoms. The molecule has 2 aromatic carbocycles.